The molecule has 0 aliphatic rings. The first-order chi connectivity index (χ1) is 13.5. The molecular weight excluding hydrogens is 366 g/mol. The Hall–Kier alpha value is -4.14. The third kappa shape index (κ3) is 4.15. The number of nitro groups is 1. The Labute approximate surface area is 159 Å². The lowest BCUT2D eigenvalue weighted by molar-refractivity contribution is -0.384. The number of non-ortho nitro benzene ring substituents is 1. The Morgan fingerprint density at radius 1 is 1.04 bits per heavy atom. The van der Waals surface area contributed by atoms with Gasteiger partial charge >= 0.3 is 0 Å². The Kier molecular flexibility index (Phi) is 5.35. The predicted octanol–water partition coefficient (Wildman–Crippen LogP) is 3.70. The summed E-state index contributed by atoms with van der Waals surface area (Å²) < 4.78 is 10.3. The molecule has 0 fully saturated rings. The van der Waals surface area contributed by atoms with Crippen molar-refractivity contribution < 1.29 is 23.7 Å². The molecule has 28 heavy (non-hydrogen) atoms. The van der Waals surface area contributed by atoms with E-state index in [1.165, 1.54) is 49.8 Å². The molecule has 0 unspecified atom stereocenters. The van der Waals surface area contributed by atoms with Gasteiger partial charge in [0.05, 0.1) is 24.0 Å². The third-order valence-electron chi connectivity index (χ3n) is 3.77. The van der Waals surface area contributed by atoms with E-state index in [9.17, 15) is 19.7 Å². The quantitative estimate of drug-likeness (QED) is 0.496. The van der Waals surface area contributed by atoms with Gasteiger partial charge in [0, 0.05) is 23.4 Å². The van der Waals surface area contributed by atoms with Crippen LogP contribution in [0.2, 0.25) is 0 Å². The summed E-state index contributed by atoms with van der Waals surface area (Å²) in [5.41, 5.74) is 0.605. The van der Waals surface area contributed by atoms with Gasteiger partial charge in [-0.2, -0.15) is 0 Å². The lowest BCUT2D eigenvalue weighted by Crippen LogP contribution is -2.14. The summed E-state index contributed by atoms with van der Waals surface area (Å²) in [6.45, 7) is 0. The predicted molar refractivity (Wildman–Crippen MR) is 101 cm³/mol. The summed E-state index contributed by atoms with van der Waals surface area (Å²) in [5, 5.41) is 16.2. The molecule has 0 bridgehead atoms. The van der Waals surface area contributed by atoms with Gasteiger partial charge in [0.15, 0.2) is 5.76 Å². The number of anilines is 2. The number of carbonyl (C=O) groups is 2. The van der Waals surface area contributed by atoms with Crippen LogP contribution in [0.4, 0.5) is 17.1 Å². The van der Waals surface area contributed by atoms with Crippen molar-refractivity contribution in [1.82, 2.24) is 0 Å². The SMILES string of the molecule is COc1ccc(NC(=O)c2ccco2)cc1NC(=O)c1cccc([N+](=O)[O-])c1. The maximum absolute atomic E-state index is 12.5. The number of nitro benzene ring substituents is 1. The Balaban J connectivity index is 1.82. The van der Waals surface area contributed by atoms with Gasteiger partial charge in [-0.15, -0.1) is 0 Å². The van der Waals surface area contributed by atoms with E-state index in [0.29, 0.717) is 11.4 Å². The highest BCUT2D eigenvalue weighted by Crippen LogP contribution is 2.29. The first kappa shape index (κ1) is 18.6. The Morgan fingerprint density at radius 3 is 2.54 bits per heavy atom. The number of benzene rings is 2. The van der Waals surface area contributed by atoms with Crippen LogP contribution in [0.25, 0.3) is 0 Å². The monoisotopic (exact) mass is 381 g/mol. The molecule has 0 radical (unpaired) electrons. The van der Waals surface area contributed by atoms with Gasteiger partial charge in [-0.25, -0.2) is 0 Å². The van der Waals surface area contributed by atoms with Gasteiger partial charge in [0.2, 0.25) is 0 Å². The molecule has 3 aromatic rings. The van der Waals surface area contributed by atoms with Gasteiger partial charge in [-0.05, 0) is 36.4 Å². The van der Waals surface area contributed by atoms with Crippen molar-refractivity contribution in [2.75, 3.05) is 17.7 Å². The molecule has 0 aliphatic heterocycles. The molecule has 1 heterocycles. The molecule has 9 nitrogen and oxygen atoms in total. The molecule has 2 aromatic carbocycles. The van der Waals surface area contributed by atoms with Gasteiger partial charge in [-0.1, -0.05) is 6.07 Å². The van der Waals surface area contributed by atoms with Crippen LogP contribution in [0, 0.1) is 10.1 Å². The Bertz CT molecular complexity index is 1030. The maximum atomic E-state index is 12.5. The number of ether oxygens (including phenoxy) is 1. The summed E-state index contributed by atoms with van der Waals surface area (Å²) in [5.74, 6) is -0.518. The highest BCUT2D eigenvalue weighted by Gasteiger charge is 2.15. The van der Waals surface area contributed by atoms with Crippen LogP contribution in [0.3, 0.4) is 0 Å². The molecule has 2 amide bonds. The molecule has 9 heteroatoms. The first-order valence-corrected chi connectivity index (χ1v) is 8.06. The van der Waals surface area contributed by atoms with Crippen LogP contribution < -0.4 is 15.4 Å². The van der Waals surface area contributed by atoms with Crippen LogP contribution in [-0.4, -0.2) is 23.8 Å². The standard InChI is InChI=1S/C19H15N3O6/c1-27-16-8-7-13(20-19(24)17-6-3-9-28-17)11-15(16)21-18(23)12-4-2-5-14(10-12)22(25)26/h2-11H,1H3,(H,20,24)(H,21,23). The number of rotatable bonds is 6. The third-order valence-corrected chi connectivity index (χ3v) is 3.77. The molecule has 0 aliphatic carbocycles. The van der Waals surface area contributed by atoms with Crippen molar-refractivity contribution in [2.45, 2.75) is 0 Å². The normalized spacial score (nSPS) is 10.2. The van der Waals surface area contributed by atoms with Crippen molar-refractivity contribution in [3.63, 3.8) is 0 Å². The zero-order chi connectivity index (χ0) is 20.1. The van der Waals surface area contributed by atoms with Crippen molar-refractivity contribution >= 4 is 28.9 Å². The van der Waals surface area contributed by atoms with Gasteiger partial charge < -0.3 is 19.8 Å². The largest absolute Gasteiger partial charge is 0.495 e. The highest BCUT2D eigenvalue weighted by atomic mass is 16.6. The number of furan rings is 1. The van der Waals surface area contributed by atoms with E-state index in [4.69, 9.17) is 9.15 Å². The average Bonchev–Trinajstić information content (AvgIpc) is 3.23. The van der Waals surface area contributed by atoms with Crippen LogP contribution in [0.5, 0.6) is 5.75 Å². The number of hydrogen-bond donors (Lipinski definition) is 2. The minimum absolute atomic E-state index is 0.112. The summed E-state index contributed by atoms with van der Waals surface area (Å²) in [6, 6.07) is 13.1. The summed E-state index contributed by atoms with van der Waals surface area (Å²) in [4.78, 5) is 34.9. The maximum Gasteiger partial charge on any atom is 0.291 e. The number of nitrogens with zero attached hydrogens (tertiary/aromatic N) is 1. The zero-order valence-corrected chi connectivity index (χ0v) is 14.7. The average molecular weight is 381 g/mol. The van der Waals surface area contributed by atoms with Crippen LogP contribution in [0.15, 0.2) is 65.3 Å². The molecule has 142 valence electrons. The van der Waals surface area contributed by atoms with Crippen molar-refractivity contribution in [1.29, 1.82) is 0 Å². The van der Waals surface area contributed by atoms with Crippen molar-refractivity contribution in [2.24, 2.45) is 0 Å². The topological polar surface area (TPSA) is 124 Å². The fourth-order valence-corrected chi connectivity index (χ4v) is 2.44. The highest BCUT2D eigenvalue weighted by molar-refractivity contribution is 6.06. The fourth-order valence-electron chi connectivity index (χ4n) is 2.44. The second kappa shape index (κ2) is 8.04. The van der Waals surface area contributed by atoms with E-state index in [1.807, 2.05) is 0 Å². The molecule has 1 aromatic heterocycles. The number of methoxy groups -OCH3 is 1. The van der Waals surface area contributed by atoms with Crippen molar-refractivity contribution in [3.8, 4) is 5.75 Å². The van der Waals surface area contributed by atoms with E-state index < -0.39 is 16.7 Å². The molecule has 0 spiro atoms. The molecule has 0 saturated carbocycles. The molecule has 0 saturated heterocycles. The van der Waals surface area contributed by atoms with Gasteiger partial charge in [0.1, 0.15) is 5.75 Å². The minimum Gasteiger partial charge on any atom is -0.495 e. The lowest BCUT2D eigenvalue weighted by atomic mass is 10.1. The van der Waals surface area contributed by atoms with Gasteiger partial charge in [0.25, 0.3) is 17.5 Å². The lowest BCUT2D eigenvalue weighted by Gasteiger charge is -2.12. The molecular formula is C19H15N3O6. The van der Waals surface area contributed by atoms with E-state index in [2.05, 4.69) is 10.6 Å². The number of amides is 2. The minimum atomic E-state index is -0.581. The van der Waals surface area contributed by atoms with E-state index in [1.54, 1.807) is 18.2 Å². The first-order valence-electron chi connectivity index (χ1n) is 8.06. The van der Waals surface area contributed by atoms with E-state index in [0.717, 1.165) is 0 Å². The smallest absolute Gasteiger partial charge is 0.291 e. The zero-order valence-electron chi connectivity index (χ0n) is 14.7. The van der Waals surface area contributed by atoms with Crippen molar-refractivity contribution in [3.05, 3.63) is 82.3 Å². The van der Waals surface area contributed by atoms with Crippen LogP contribution >= 0.6 is 0 Å². The summed E-state index contributed by atoms with van der Waals surface area (Å²) in [7, 11) is 1.43. The second-order valence-corrected chi connectivity index (χ2v) is 5.61. The van der Waals surface area contributed by atoms with Gasteiger partial charge in [-0.3, -0.25) is 19.7 Å². The molecule has 3 rings (SSSR count). The van der Waals surface area contributed by atoms with Crippen LogP contribution in [-0.2, 0) is 0 Å². The number of hydrogen-bond acceptors (Lipinski definition) is 6. The van der Waals surface area contributed by atoms with E-state index in [-0.39, 0.29) is 22.7 Å². The summed E-state index contributed by atoms with van der Waals surface area (Å²) >= 11 is 0. The van der Waals surface area contributed by atoms with Crippen LogP contribution in [0.1, 0.15) is 20.9 Å². The molecule has 0 atom stereocenters. The number of carbonyl (C=O) groups excluding carboxylic acids is 2. The molecule has 2 N–H and O–H groups in total. The second-order valence-electron chi connectivity index (χ2n) is 5.61. The summed E-state index contributed by atoms with van der Waals surface area (Å²) in [6.07, 6.45) is 1.38. The fraction of sp³-hybridized carbons (Fsp3) is 0.0526. The number of nitrogens with one attached hydrogen (secondary N) is 2. The Morgan fingerprint density at radius 2 is 1.86 bits per heavy atom. The van der Waals surface area contributed by atoms with E-state index >= 15 is 0 Å².